The molecule has 0 aromatic heterocycles. The molecule has 1 fully saturated rings. The first kappa shape index (κ1) is 14.3. The standard InChI is InChI=1S/C13H13ClF3NO/c14-10-3-4-12(13(15,16)17)9(6-10)7-18-5-1-2-11(18)8-19/h3-4,6,8,11H,1-2,5,7H2/t11-/m0/s1. The molecular formula is C13H13ClF3NO. The fourth-order valence-electron chi connectivity index (χ4n) is 2.39. The van der Waals surface area contributed by atoms with Crippen LogP contribution in [-0.2, 0) is 17.5 Å². The molecule has 1 atom stereocenters. The van der Waals surface area contributed by atoms with Gasteiger partial charge in [0, 0.05) is 11.6 Å². The van der Waals surface area contributed by atoms with Crippen molar-refractivity contribution in [3.05, 3.63) is 34.3 Å². The molecule has 19 heavy (non-hydrogen) atoms. The molecule has 0 radical (unpaired) electrons. The van der Waals surface area contributed by atoms with Crippen molar-refractivity contribution in [3.8, 4) is 0 Å². The van der Waals surface area contributed by atoms with Crippen molar-refractivity contribution in [1.82, 2.24) is 4.90 Å². The lowest BCUT2D eigenvalue weighted by Crippen LogP contribution is -2.30. The van der Waals surface area contributed by atoms with Gasteiger partial charge in [-0.15, -0.1) is 0 Å². The number of rotatable bonds is 3. The number of nitrogens with zero attached hydrogens (tertiary/aromatic N) is 1. The molecule has 1 aromatic rings. The Balaban J connectivity index is 2.28. The molecule has 0 unspecified atom stereocenters. The Morgan fingerprint density at radius 2 is 2.16 bits per heavy atom. The predicted octanol–water partition coefficient (Wildman–Crippen LogP) is 3.52. The second-order valence-corrected chi connectivity index (χ2v) is 5.05. The highest BCUT2D eigenvalue weighted by molar-refractivity contribution is 6.30. The van der Waals surface area contributed by atoms with Crippen molar-refractivity contribution in [2.75, 3.05) is 6.54 Å². The number of likely N-dealkylation sites (tertiary alicyclic amines) is 1. The van der Waals surface area contributed by atoms with Gasteiger partial charge in [0.15, 0.2) is 0 Å². The lowest BCUT2D eigenvalue weighted by atomic mass is 10.1. The molecule has 0 aliphatic carbocycles. The third-order valence-corrected chi connectivity index (χ3v) is 3.55. The minimum atomic E-state index is -4.41. The van der Waals surface area contributed by atoms with Gasteiger partial charge in [0.25, 0.3) is 0 Å². The normalized spacial score (nSPS) is 20.7. The Morgan fingerprint density at radius 3 is 2.79 bits per heavy atom. The molecule has 0 amide bonds. The van der Waals surface area contributed by atoms with Crippen LogP contribution >= 0.6 is 11.6 Å². The molecule has 0 bridgehead atoms. The Morgan fingerprint density at radius 1 is 1.42 bits per heavy atom. The van der Waals surface area contributed by atoms with Gasteiger partial charge in [-0.05, 0) is 43.1 Å². The lowest BCUT2D eigenvalue weighted by Gasteiger charge is -2.22. The molecule has 0 N–H and O–H groups in total. The summed E-state index contributed by atoms with van der Waals surface area (Å²) in [5.41, 5.74) is -0.567. The molecule has 1 aliphatic heterocycles. The van der Waals surface area contributed by atoms with E-state index in [1.807, 2.05) is 0 Å². The first-order chi connectivity index (χ1) is 8.91. The third-order valence-electron chi connectivity index (χ3n) is 3.32. The van der Waals surface area contributed by atoms with Crippen LogP contribution in [0.25, 0.3) is 0 Å². The second kappa shape index (κ2) is 5.51. The van der Waals surface area contributed by atoms with E-state index in [1.54, 1.807) is 4.90 Å². The largest absolute Gasteiger partial charge is 0.416 e. The van der Waals surface area contributed by atoms with Gasteiger partial charge in [0.2, 0.25) is 0 Å². The van der Waals surface area contributed by atoms with Gasteiger partial charge < -0.3 is 4.79 Å². The van der Waals surface area contributed by atoms with Crippen LogP contribution in [0.5, 0.6) is 0 Å². The second-order valence-electron chi connectivity index (χ2n) is 4.62. The minimum Gasteiger partial charge on any atom is -0.302 e. The third kappa shape index (κ3) is 3.28. The maximum absolute atomic E-state index is 12.9. The summed E-state index contributed by atoms with van der Waals surface area (Å²) in [7, 11) is 0. The van der Waals surface area contributed by atoms with E-state index in [9.17, 15) is 18.0 Å². The van der Waals surface area contributed by atoms with Gasteiger partial charge >= 0.3 is 6.18 Å². The van der Waals surface area contributed by atoms with E-state index in [0.717, 1.165) is 18.8 Å². The number of halogens is 4. The van der Waals surface area contributed by atoms with Gasteiger partial charge in [-0.3, -0.25) is 4.90 Å². The lowest BCUT2D eigenvalue weighted by molar-refractivity contribution is -0.138. The molecule has 1 saturated heterocycles. The van der Waals surface area contributed by atoms with Crippen molar-refractivity contribution in [3.63, 3.8) is 0 Å². The number of hydrogen-bond acceptors (Lipinski definition) is 2. The Bertz CT molecular complexity index is 475. The highest BCUT2D eigenvalue weighted by atomic mass is 35.5. The van der Waals surface area contributed by atoms with Gasteiger partial charge in [-0.1, -0.05) is 11.6 Å². The molecule has 0 saturated carbocycles. The van der Waals surface area contributed by atoms with Crippen LogP contribution in [0.4, 0.5) is 13.2 Å². The molecule has 6 heteroatoms. The van der Waals surface area contributed by atoms with E-state index in [1.165, 1.54) is 12.1 Å². The topological polar surface area (TPSA) is 20.3 Å². The van der Waals surface area contributed by atoms with Crippen molar-refractivity contribution >= 4 is 17.9 Å². The van der Waals surface area contributed by atoms with Crippen molar-refractivity contribution in [1.29, 1.82) is 0 Å². The van der Waals surface area contributed by atoms with Crippen LogP contribution in [0.15, 0.2) is 18.2 Å². The highest BCUT2D eigenvalue weighted by Gasteiger charge is 2.34. The number of carbonyl (C=O) groups is 1. The SMILES string of the molecule is O=C[C@@H]1CCCN1Cc1cc(Cl)ccc1C(F)(F)F. The van der Waals surface area contributed by atoms with Crippen LogP contribution in [0, 0.1) is 0 Å². The summed E-state index contributed by atoms with van der Waals surface area (Å²) in [6.45, 7) is 0.728. The summed E-state index contributed by atoms with van der Waals surface area (Å²) in [5, 5.41) is 0.268. The van der Waals surface area contributed by atoms with E-state index in [2.05, 4.69) is 0 Å². The van der Waals surface area contributed by atoms with Crippen LogP contribution in [0.1, 0.15) is 24.0 Å². The Labute approximate surface area is 114 Å². The highest BCUT2D eigenvalue weighted by Crippen LogP contribution is 2.34. The van der Waals surface area contributed by atoms with E-state index in [4.69, 9.17) is 11.6 Å². The quantitative estimate of drug-likeness (QED) is 0.794. The van der Waals surface area contributed by atoms with Crippen LogP contribution < -0.4 is 0 Å². The average Bonchev–Trinajstić information content (AvgIpc) is 2.74. The number of carbonyl (C=O) groups excluding carboxylic acids is 1. The summed E-state index contributed by atoms with van der Waals surface area (Å²) >= 11 is 5.77. The van der Waals surface area contributed by atoms with E-state index >= 15 is 0 Å². The first-order valence-electron chi connectivity index (χ1n) is 5.97. The Hall–Kier alpha value is -1.07. The van der Waals surface area contributed by atoms with E-state index in [-0.39, 0.29) is 23.2 Å². The molecule has 0 spiro atoms. The Kier molecular flexibility index (Phi) is 4.16. The van der Waals surface area contributed by atoms with Gasteiger partial charge in [-0.25, -0.2) is 0 Å². The van der Waals surface area contributed by atoms with Gasteiger partial charge in [-0.2, -0.15) is 13.2 Å². The zero-order valence-corrected chi connectivity index (χ0v) is 10.8. The minimum absolute atomic E-state index is 0.0960. The molecule has 104 valence electrons. The summed E-state index contributed by atoms with van der Waals surface area (Å²) in [4.78, 5) is 12.6. The van der Waals surface area contributed by atoms with Crippen molar-refractivity contribution in [2.45, 2.75) is 31.6 Å². The summed E-state index contributed by atoms with van der Waals surface area (Å²) in [6.07, 6.45) is -2.09. The fraction of sp³-hybridized carbons (Fsp3) is 0.462. The predicted molar refractivity (Wildman–Crippen MR) is 66.0 cm³/mol. The van der Waals surface area contributed by atoms with E-state index in [0.29, 0.717) is 13.0 Å². The van der Waals surface area contributed by atoms with E-state index < -0.39 is 11.7 Å². The molecule has 2 nitrogen and oxygen atoms in total. The molecular weight excluding hydrogens is 279 g/mol. The molecule has 1 aliphatic rings. The smallest absolute Gasteiger partial charge is 0.302 e. The summed E-state index contributed by atoms with van der Waals surface area (Å²) < 4.78 is 38.7. The first-order valence-corrected chi connectivity index (χ1v) is 6.34. The summed E-state index contributed by atoms with van der Waals surface area (Å²) in [6, 6.07) is 3.25. The fourth-order valence-corrected chi connectivity index (χ4v) is 2.59. The zero-order valence-electron chi connectivity index (χ0n) is 10.1. The van der Waals surface area contributed by atoms with Crippen LogP contribution in [-0.4, -0.2) is 23.8 Å². The van der Waals surface area contributed by atoms with Crippen LogP contribution in [0.3, 0.4) is 0 Å². The number of alkyl halides is 3. The van der Waals surface area contributed by atoms with Crippen molar-refractivity contribution < 1.29 is 18.0 Å². The summed E-state index contributed by atoms with van der Waals surface area (Å²) in [5.74, 6) is 0. The number of benzene rings is 1. The zero-order chi connectivity index (χ0) is 14.0. The monoisotopic (exact) mass is 291 g/mol. The van der Waals surface area contributed by atoms with Crippen molar-refractivity contribution in [2.24, 2.45) is 0 Å². The molecule has 1 aromatic carbocycles. The molecule has 1 heterocycles. The molecule has 2 rings (SSSR count). The number of hydrogen-bond donors (Lipinski definition) is 0. The van der Waals surface area contributed by atoms with Crippen LogP contribution in [0.2, 0.25) is 5.02 Å². The number of aldehydes is 1. The van der Waals surface area contributed by atoms with Gasteiger partial charge in [0.1, 0.15) is 6.29 Å². The maximum Gasteiger partial charge on any atom is 0.416 e. The average molecular weight is 292 g/mol. The maximum atomic E-state index is 12.9. The van der Waals surface area contributed by atoms with Gasteiger partial charge in [0.05, 0.1) is 11.6 Å².